The van der Waals surface area contributed by atoms with E-state index in [0.29, 0.717) is 30.8 Å². The lowest BCUT2D eigenvalue weighted by Crippen LogP contribution is -2.24. The molecule has 2 aromatic carbocycles. The average Bonchev–Trinajstić information content (AvgIpc) is 3.31. The van der Waals surface area contributed by atoms with E-state index in [4.69, 9.17) is 0 Å². The van der Waals surface area contributed by atoms with Gasteiger partial charge in [0.15, 0.2) is 0 Å². The van der Waals surface area contributed by atoms with Crippen molar-refractivity contribution in [1.82, 2.24) is 0 Å². The van der Waals surface area contributed by atoms with Crippen molar-refractivity contribution >= 4 is 45.0 Å². The monoisotopic (exact) mass is 439 g/mol. The molecule has 2 saturated heterocycles. The van der Waals surface area contributed by atoms with Crippen LogP contribution in [0.1, 0.15) is 30.4 Å². The minimum Gasteiger partial charge on any atom is -0.323 e. The standard InChI is InChI=1S/C23H25N3O4S/c1-17-16-19(8-11-21(17)25-13-2-4-23(25)28)24-22(27)12-7-18-5-9-20(10-6-18)26-14-3-15-31(26,29)30/h5-12,16H,2-4,13-15H2,1H3,(H,24,27)/b12-7+. The molecule has 2 aromatic rings. The zero-order valence-corrected chi connectivity index (χ0v) is 18.2. The van der Waals surface area contributed by atoms with E-state index in [1.54, 1.807) is 41.3 Å². The highest BCUT2D eigenvalue weighted by Gasteiger charge is 2.28. The van der Waals surface area contributed by atoms with Gasteiger partial charge in [-0.25, -0.2) is 8.42 Å². The number of sulfonamides is 1. The lowest BCUT2D eigenvalue weighted by atomic mass is 10.1. The third kappa shape index (κ3) is 4.64. The first-order valence-electron chi connectivity index (χ1n) is 10.3. The molecule has 7 nitrogen and oxygen atoms in total. The molecule has 8 heteroatoms. The second kappa shape index (κ2) is 8.55. The van der Waals surface area contributed by atoms with Crippen molar-refractivity contribution in [3.8, 4) is 0 Å². The molecule has 0 atom stereocenters. The largest absolute Gasteiger partial charge is 0.323 e. The van der Waals surface area contributed by atoms with Gasteiger partial charge in [-0.1, -0.05) is 12.1 Å². The Morgan fingerprint density at radius 3 is 2.45 bits per heavy atom. The average molecular weight is 440 g/mol. The molecular weight excluding hydrogens is 414 g/mol. The van der Waals surface area contributed by atoms with Crippen LogP contribution < -0.4 is 14.5 Å². The highest BCUT2D eigenvalue weighted by Crippen LogP contribution is 2.28. The zero-order valence-electron chi connectivity index (χ0n) is 17.4. The van der Waals surface area contributed by atoms with Crippen molar-refractivity contribution in [1.29, 1.82) is 0 Å². The molecule has 2 fully saturated rings. The van der Waals surface area contributed by atoms with E-state index in [9.17, 15) is 18.0 Å². The summed E-state index contributed by atoms with van der Waals surface area (Å²) in [7, 11) is -3.20. The normalized spacial score (nSPS) is 18.2. The molecule has 0 aliphatic carbocycles. The summed E-state index contributed by atoms with van der Waals surface area (Å²) in [5.41, 5.74) is 3.93. The van der Waals surface area contributed by atoms with Crippen LogP contribution in [0.5, 0.6) is 0 Å². The Bertz CT molecular complexity index is 1140. The summed E-state index contributed by atoms with van der Waals surface area (Å²) < 4.78 is 25.4. The summed E-state index contributed by atoms with van der Waals surface area (Å²) in [5, 5.41) is 2.83. The van der Waals surface area contributed by atoms with Crippen molar-refractivity contribution in [3.05, 3.63) is 59.7 Å². The lowest BCUT2D eigenvalue weighted by Gasteiger charge is -2.19. The molecule has 0 spiro atoms. The van der Waals surface area contributed by atoms with Crippen molar-refractivity contribution in [3.63, 3.8) is 0 Å². The fourth-order valence-electron chi connectivity index (χ4n) is 3.98. The van der Waals surface area contributed by atoms with Crippen LogP contribution in [0.15, 0.2) is 48.5 Å². The van der Waals surface area contributed by atoms with Crippen LogP contribution >= 0.6 is 0 Å². The van der Waals surface area contributed by atoms with E-state index in [-0.39, 0.29) is 17.6 Å². The fraction of sp³-hybridized carbons (Fsp3) is 0.304. The smallest absolute Gasteiger partial charge is 0.248 e. The molecule has 1 N–H and O–H groups in total. The number of hydrogen-bond donors (Lipinski definition) is 1. The van der Waals surface area contributed by atoms with Gasteiger partial charge >= 0.3 is 0 Å². The first-order valence-corrected chi connectivity index (χ1v) is 11.9. The number of amides is 2. The Kier molecular flexibility index (Phi) is 5.82. The topological polar surface area (TPSA) is 86.8 Å². The number of anilines is 3. The third-order valence-corrected chi connectivity index (χ3v) is 7.41. The quantitative estimate of drug-likeness (QED) is 0.724. The van der Waals surface area contributed by atoms with Gasteiger partial charge in [-0.05, 0) is 67.3 Å². The molecule has 0 bridgehead atoms. The molecule has 0 aromatic heterocycles. The predicted molar refractivity (Wildman–Crippen MR) is 123 cm³/mol. The van der Waals surface area contributed by atoms with Crippen LogP contribution in [0.25, 0.3) is 6.08 Å². The summed E-state index contributed by atoms with van der Waals surface area (Å²) in [6, 6.07) is 12.6. The summed E-state index contributed by atoms with van der Waals surface area (Å²) in [4.78, 5) is 26.0. The van der Waals surface area contributed by atoms with Gasteiger partial charge in [0.05, 0.1) is 11.4 Å². The van der Waals surface area contributed by atoms with E-state index in [1.807, 2.05) is 19.1 Å². The van der Waals surface area contributed by atoms with E-state index in [1.165, 1.54) is 10.4 Å². The maximum Gasteiger partial charge on any atom is 0.248 e. The van der Waals surface area contributed by atoms with Crippen LogP contribution in [0.2, 0.25) is 0 Å². The van der Waals surface area contributed by atoms with Gasteiger partial charge in [0.25, 0.3) is 0 Å². The van der Waals surface area contributed by atoms with Gasteiger partial charge in [-0.15, -0.1) is 0 Å². The first-order chi connectivity index (χ1) is 14.8. The van der Waals surface area contributed by atoms with Crippen molar-refractivity contribution in [2.75, 3.05) is 33.4 Å². The summed E-state index contributed by atoms with van der Waals surface area (Å²) >= 11 is 0. The number of carbonyl (C=O) groups excluding carboxylic acids is 2. The minimum atomic E-state index is -3.20. The Labute approximate surface area is 182 Å². The summed E-state index contributed by atoms with van der Waals surface area (Å²) in [6.45, 7) is 3.16. The second-order valence-corrected chi connectivity index (χ2v) is 9.82. The number of rotatable bonds is 5. The van der Waals surface area contributed by atoms with Gasteiger partial charge in [-0.2, -0.15) is 0 Å². The van der Waals surface area contributed by atoms with E-state index < -0.39 is 10.0 Å². The van der Waals surface area contributed by atoms with Crippen molar-refractivity contribution in [2.45, 2.75) is 26.2 Å². The predicted octanol–water partition coefficient (Wildman–Crippen LogP) is 3.31. The van der Waals surface area contributed by atoms with Gasteiger partial charge in [0.2, 0.25) is 21.8 Å². The maximum atomic E-state index is 12.3. The van der Waals surface area contributed by atoms with E-state index in [0.717, 1.165) is 29.8 Å². The number of hydrogen-bond acceptors (Lipinski definition) is 4. The molecule has 162 valence electrons. The minimum absolute atomic E-state index is 0.135. The van der Waals surface area contributed by atoms with E-state index in [2.05, 4.69) is 5.32 Å². The Morgan fingerprint density at radius 1 is 1.06 bits per heavy atom. The SMILES string of the molecule is Cc1cc(NC(=O)/C=C/c2ccc(N3CCCS3(=O)=O)cc2)ccc1N1CCCC1=O. The molecule has 4 rings (SSSR count). The number of nitrogens with zero attached hydrogens (tertiary/aromatic N) is 2. The lowest BCUT2D eigenvalue weighted by molar-refractivity contribution is -0.117. The summed E-state index contributed by atoms with van der Waals surface area (Å²) in [5.74, 6) is 0.0515. The van der Waals surface area contributed by atoms with Crippen LogP contribution in [0.4, 0.5) is 17.1 Å². The number of benzene rings is 2. The maximum absolute atomic E-state index is 12.3. The van der Waals surface area contributed by atoms with Gasteiger partial charge < -0.3 is 10.2 Å². The van der Waals surface area contributed by atoms with Gasteiger partial charge in [0.1, 0.15) is 0 Å². The highest BCUT2D eigenvalue weighted by molar-refractivity contribution is 7.93. The van der Waals surface area contributed by atoms with Crippen molar-refractivity contribution in [2.24, 2.45) is 0 Å². The van der Waals surface area contributed by atoms with Crippen LogP contribution in [0, 0.1) is 6.92 Å². The van der Waals surface area contributed by atoms with Crippen LogP contribution in [0.3, 0.4) is 0 Å². The molecule has 0 radical (unpaired) electrons. The Morgan fingerprint density at radius 2 is 1.84 bits per heavy atom. The summed E-state index contributed by atoms with van der Waals surface area (Å²) in [6.07, 6.45) is 5.21. The Balaban J connectivity index is 1.38. The van der Waals surface area contributed by atoms with Crippen LogP contribution in [-0.4, -0.2) is 39.1 Å². The van der Waals surface area contributed by atoms with E-state index >= 15 is 0 Å². The Hall–Kier alpha value is -3.13. The number of aryl methyl sites for hydroxylation is 1. The van der Waals surface area contributed by atoms with Crippen LogP contribution in [-0.2, 0) is 19.6 Å². The van der Waals surface area contributed by atoms with Gasteiger partial charge in [-0.3, -0.25) is 13.9 Å². The highest BCUT2D eigenvalue weighted by atomic mass is 32.2. The molecular formula is C23H25N3O4S. The number of nitrogens with one attached hydrogen (secondary N) is 1. The molecule has 2 heterocycles. The van der Waals surface area contributed by atoms with Crippen molar-refractivity contribution < 1.29 is 18.0 Å². The zero-order chi connectivity index (χ0) is 22.0. The molecule has 31 heavy (non-hydrogen) atoms. The third-order valence-electron chi connectivity index (χ3n) is 5.54. The molecule has 2 aliphatic rings. The molecule has 0 unspecified atom stereocenters. The second-order valence-electron chi connectivity index (χ2n) is 7.81. The number of carbonyl (C=O) groups is 2. The molecule has 0 saturated carbocycles. The molecule has 2 amide bonds. The molecule has 2 aliphatic heterocycles. The first kappa shape index (κ1) is 21.1. The fourth-order valence-corrected chi connectivity index (χ4v) is 5.54. The van der Waals surface area contributed by atoms with Gasteiger partial charge in [0, 0.05) is 37.0 Å².